The average Bonchev–Trinajstić information content (AvgIpc) is 3.55. The van der Waals surface area contributed by atoms with E-state index in [0.29, 0.717) is 16.7 Å². The van der Waals surface area contributed by atoms with Gasteiger partial charge in [0, 0.05) is 36.4 Å². The lowest BCUT2D eigenvalue weighted by atomic mass is 9.99. The van der Waals surface area contributed by atoms with Gasteiger partial charge in [0.2, 0.25) is 23.6 Å². The van der Waals surface area contributed by atoms with Gasteiger partial charge in [0.15, 0.2) is 0 Å². The van der Waals surface area contributed by atoms with Gasteiger partial charge in [0.25, 0.3) is 0 Å². The van der Waals surface area contributed by atoms with Gasteiger partial charge >= 0.3 is 12.1 Å². The van der Waals surface area contributed by atoms with E-state index in [-0.39, 0.29) is 19.3 Å². The molecule has 5 rings (SSSR count). The Kier molecular flexibility index (Phi) is 13.1. The molecule has 0 aliphatic heterocycles. The molecule has 0 saturated heterocycles. The van der Waals surface area contributed by atoms with Crippen molar-refractivity contribution in [2.24, 2.45) is 5.73 Å². The van der Waals surface area contributed by atoms with Gasteiger partial charge in [-0.05, 0) is 54.3 Å². The van der Waals surface area contributed by atoms with Gasteiger partial charge in [0.1, 0.15) is 29.8 Å². The summed E-state index contributed by atoms with van der Waals surface area (Å²) in [6.45, 7) is 5.05. The number of carbonyl (C=O) groups excluding carboxylic acids is 5. The van der Waals surface area contributed by atoms with Gasteiger partial charge in [-0.3, -0.25) is 24.0 Å². The van der Waals surface area contributed by atoms with Crippen molar-refractivity contribution in [3.05, 3.63) is 120 Å². The maximum absolute atomic E-state index is 14.2. The number of primary amides is 1. The number of hydrogen-bond donors (Lipinski definition) is 7. The Morgan fingerprint density at radius 2 is 1.23 bits per heavy atom. The highest BCUT2D eigenvalue weighted by molar-refractivity contribution is 5.97. The van der Waals surface area contributed by atoms with Crippen molar-refractivity contribution in [3.63, 3.8) is 0 Å². The number of aromatic nitrogens is 1. The maximum atomic E-state index is 14.2. The zero-order valence-electron chi connectivity index (χ0n) is 31.3. The Hall–Kier alpha value is -6.70. The van der Waals surface area contributed by atoms with E-state index < -0.39 is 71.9 Å². The van der Waals surface area contributed by atoms with Crippen LogP contribution in [0.3, 0.4) is 0 Å². The summed E-state index contributed by atoms with van der Waals surface area (Å²) in [6, 6.07) is 23.8. The average molecular weight is 763 g/mol. The van der Waals surface area contributed by atoms with Crippen LogP contribution in [0.4, 0.5) is 4.79 Å². The minimum atomic E-state index is -1.66. The Balaban J connectivity index is 1.43. The van der Waals surface area contributed by atoms with Crippen LogP contribution in [0.5, 0.6) is 0 Å². The summed E-state index contributed by atoms with van der Waals surface area (Å²) in [5.74, 6) is -4.84. The molecule has 1 heterocycles. The van der Waals surface area contributed by atoms with E-state index in [9.17, 15) is 33.9 Å². The third-order valence-electron chi connectivity index (χ3n) is 8.95. The first kappa shape index (κ1) is 40.5. The van der Waals surface area contributed by atoms with Crippen molar-refractivity contribution < 1.29 is 38.6 Å². The first-order chi connectivity index (χ1) is 26.6. The fourth-order valence-corrected chi connectivity index (χ4v) is 6.26. The second-order valence-corrected chi connectivity index (χ2v) is 14.5. The highest BCUT2D eigenvalue weighted by atomic mass is 16.6. The van der Waals surface area contributed by atoms with Crippen LogP contribution >= 0.6 is 0 Å². The number of nitrogens with one attached hydrogen (secondary N) is 5. The zero-order valence-corrected chi connectivity index (χ0v) is 31.3. The Morgan fingerprint density at radius 3 is 1.91 bits per heavy atom. The summed E-state index contributed by atoms with van der Waals surface area (Å²) < 4.78 is 5.47. The van der Waals surface area contributed by atoms with Crippen LogP contribution in [0, 0.1) is 0 Å². The van der Waals surface area contributed by atoms with Crippen LogP contribution in [0.15, 0.2) is 103 Å². The predicted molar refractivity (Wildman–Crippen MR) is 210 cm³/mol. The van der Waals surface area contributed by atoms with Crippen molar-refractivity contribution >= 4 is 57.4 Å². The second-order valence-electron chi connectivity index (χ2n) is 14.5. The van der Waals surface area contributed by atoms with Crippen molar-refractivity contribution in [2.45, 2.75) is 76.2 Å². The van der Waals surface area contributed by atoms with Crippen LogP contribution in [-0.4, -0.2) is 75.6 Å². The van der Waals surface area contributed by atoms with E-state index in [4.69, 9.17) is 10.5 Å². The fourth-order valence-electron chi connectivity index (χ4n) is 6.26. The molecule has 0 spiro atoms. The fraction of sp³-hybridized carbons (Fsp3) is 0.286. The molecular weight excluding hydrogens is 716 g/mol. The van der Waals surface area contributed by atoms with Gasteiger partial charge in [-0.1, -0.05) is 91.0 Å². The van der Waals surface area contributed by atoms with E-state index in [2.05, 4.69) is 26.3 Å². The van der Waals surface area contributed by atoms with E-state index >= 15 is 0 Å². The van der Waals surface area contributed by atoms with Crippen LogP contribution in [0.25, 0.3) is 21.7 Å². The van der Waals surface area contributed by atoms with Crippen LogP contribution in [0.1, 0.15) is 43.9 Å². The summed E-state index contributed by atoms with van der Waals surface area (Å²) >= 11 is 0. The van der Waals surface area contributed by atoms with E-state index in [1.54, 1.807) is 63.4 Å². The monoisotopic (exact) mass is 762 g/mol. The summed E-state index contributed by atoms with van der Waals surface area (Å²) in [6.07, 6.45) is -0.000878. The minimum Gasteiger partial charge on any atom is -0.481 e. The van der Waals surface area contributed by atoms with Gasteiger partial charge in [-0.25, -0.2) is 4.79 Å². The summed E-state index contributed by atoms with van der Waals surface area (Å²) in [4.78, 5) is 82.4. The molecule has 14 heteroatoms. The molecular formula is C42H46N6O8. The second kappa shape index (κ2) is 18.1. The number of carbonyl (C=O) groups is 6. The molecule has 0 fully saturated rings. The van der Waals surface area contributed by atoms with Gasteiger partial charge in [-0.15, -0.1) is 0 Å². The number of carboxylic acid groups (broad SMARTS) is 1. The smallest absolute Gasteiger partial charge is 0.408 e. The third-order valence-corrected chi connectivity index (χ3v) is 8.95. The summed E-state index contributed by atoms with van der Waals surface area (Å²) in [5, 5.41) is 22.7. The minimum absolute atomic E-state index is 0.0133. The first-order valence-electron chi connectivity index (χ1n) is 18.1. The van der Waals surface area contributed by atoms with Crippen molar-refractivity contribution in [1.29, 1.82) is 0 Å². The van der Waals surface area contributed by atoms with Crippen LogP contribution < -0.4 is 27.0 Å². The molecule has 5 amide bonds. The molecule has 0 aliphatic rings. The molecule has 292 valence electrons. The Bertz CT molecular complexity index is 2210. The SMILES string of the molecule is CC(C)(C)OC(=O)N[C@H](Cc1c[nH]c2ccccc12)C(=O)N[C@@H](Cc1ccc2ccccc2c1)C(=O)N[C@@H](CC(=O)O)C(=O)N[C@@H](Cc1ccccc1)C(N)=O. The molecule has 1 aromatic heterocycles. The molecule has 0 saturated carbocycles. The topological polar surface area (TPSA) is 222 Å². The number of fused-ring (bicyclic) bond motifs is 2. The molecule has 56 heavy (non-hydrogen) atoms. The number of ether oxygens (including phenoxy) is 1. The maximum Gasteiger partial charge on any atom is 0.408 e. The lowest BCUT2D eigenvalue weighted by Crippen LogP contribution is -2.59. The van der Waals surface area contributed by atoms with Crippen LogP contribution in [0.2, 0.25) is 0 Å². The van der Waals surface area contributed by atoms with Crippen LogP contribution in [-0.2, 0) is 48.0 Å². The molecule has 0 unspecified atom stereocenters. The number of benzene rings is 4. The number of alkyl carbamates (subject to hydrolysis) is 1. The number of rotatable bonds is 16. The lowest BCUT2D eigenvalue weighted by molar-refractivity contribution is -0.141. The van der Waals surface area contributed by atoms with Crippen molar-refractivity contribution in [1.82, 2.24) is 26.3 Å². The molecule has 0 bridgehead atoms. The zero-order chi connectivity index (χ0) is 40.4. The summed E-state index contributed by atoms with van der Waals surface area (Å²) in [7, 11) is 0. The molecule has 0 radical (unpaired) electrons. The number of aliphatic carboxylic acids is 1. The number of H-pyrrole nitrogens is 1. The van der Waals surface area contributed by atoms with E-state index in [1.807, 2.05) is 60.7 Å². The molecule has 4 atom stereocenters. The number of amides is 5. The molecule has 5 aromatic rings. The van der Waals surface area contributed by atoms with Gasteiger partial charge < -0.3 is 41.8 Å². The first-order valence-corrected chi connectivity index (χ1v) is 18.1. The molecule has 8 N–H and O–H groups in total. The Labute approximate surface area is 323 Å². The molecule has 14 nitrogen and oxygen atoms in total. The lowest BCUT2D eigenvalue weighted by Gasteiger charge is -2.27. The van der Waals surface area contributed by atoms with Crippen molar-refractivity contribution in [2.75, 3.05) is 0 Å². The predicted octanol–water partition coefficient (Wildman–Crippen LogP) is 3.66. The van der Waals surface area contributed by atoms with E-state index in [1.165, 1.54) is 0 Å². The standard InChI is InChI=1S/C42H46N6O8/c1-42(2,3)56-41(55)48-34(22-29-24-44-31-16-10-9-15-30(29)31)39(53)46-33(21-26-17-18-27-13-7-8-14-28(27)19-26)38(52)47-35(23-36(49)50)40(54)45-32(37(43)51)20-25-11-5-4-6-12-25/h4-19,24,32-35,44H,20-23H2,1-3H3,(H2,43,51)(H,45,54)(H,46,53)(H,47,52)(H,48,55)(H,49,50)/t32-,33-,34+,35-/m0/s1. The number of aromatic amines is 1. The van der Waals surface area contributed by atoms with E-state index in [0.717, 1.165) is 21.7 Å². The molecule has 4 aromatic carbocycles. The van der Waals surface area contributed by atoms with Gasteiger partial charge in [0.05, 0.1) is 6.42 Å². The Morgan fingerprint density at radius 1 is 0.661 bits per heavy atom. The number of hydrogen-bond acceptors (Lipinski definition) is 7. The summed E-state index contributed by atoms with van der Waals surface area (Å²) in [5.41, 5.74) is 7.58. The quantitative estimate of drug-likeness (QED) is 0.0785. The normalized spacial score (nSPS) is 13.5. The number of para-hydroxylation sites is 1. The van der Waals surface area contributed by atoms with Gasteiger partial charge in [-0.2, -0.15) is 0 Å². The number of nitrogens with two attached hydrogens (primary N) is 1. The number of carboxylic acids is 1. The highest BCUT2D eigenvalue weighted by Crippen LogP contribution is 2.21. The molecule has 0 aliphatic carbocycles. The van der Waals surface area contributed by atoms with Crippen molar-refractivity contribution in [3.8, 4) is 0 Å². The largest absolute Gasteiger partial charge is 0.481 e. The third kappa shape index (κ3) is 11.4. The highest BCUT2D eigenvalue weighted by Gasteiger charge is 2.33.